The average molecular weight is 320 g/mol. The molecule has 3 heterocycles. The number of pyridine rings is 1. The van der Waals surface area contributed by atoms with E-state index in [4.69, 9.17) is 14.2 Å². The Morgan fingerprint density at radius 1 is 1.35 bits per heavy atom. The molecule has 5 heteroatoms. The lowest BCUT2D eigenvalue weighted by Crippen LogP contribution is -2.47. The summed E-state index contributed by atoms with van der Waals surface area (Å²) in [4.78, 5) is 6.78. The number of likely N-dealkylation sites (tertiary alicyclic amines) is 1. The van der Waals surface area contributed by atoms with Crippen molar-refractivity contribution >= 4 is 0 Å². The Bertz CT molecular complexity index is 501. The Morgan fingerprint density at radius 3 is 2.91 bits per heavy atom. The minimum absolute atomic E-state index is 0.0913. The van der Waals surface area contributed by atoms with E-state index in [0.717, 1.165) is 63.6 Å². The van der Waals surface area contributed by atoms with Gasteiger partial charge in [0.2, 0.25) is 5.88 Å². The molecular weight excluding hydrogens is 292 g/mol. The molecule has 2 fully saturated rings. The first-order valence-electron chi connectivity index (χ1n) is 8.60. The van der Waals surface area contributed by atoms with Crippen molar-refractivity contribution in [2.24, 2.45) is 5.92 Å². The largest absolute Gasteiger partial charge is 0.481 e. The van der Waals surface area contributed by atoms with Gasteiger partial charge in [0.25, 0.3) is 0 Å². The third-order valence-electron chi connectivity index (χ3n) is 5.41. The van der Waals surface area contributed by atoms with Crippen molar-refractivity contribution in [2.45, 2.75) is 37.8 Å². The highest BCUT2D eigenvalue weighted by Crippen LogP contribution is 2.42. The molecular formula is C18H28N2O3. The highest BCUT2D eigenvalue weighted by Gasteiger charge is 2.45. The molecule has 0 bridgehead atoms. The maximum atomic E-state index is 6.22. The van der Waals surface area contributed by atoms with E-state index in [1.165, 1.54) is 6.42 Å². The van der Waals surface area contributed by atoms with Crippen LogP contribution in [0, 0.1) is 5.92 Å². The van der Waals surface area contributed by atoms with Crippen LogP contribution in [0.1, 0.15) is 31.2 Å². The summed E-state index contributed by atoms with van der Waals surface area (Å²) in [7, 11) is 3.47. The first kappa shape index (κ1) is 16.7. The van der Waals surface area contributed by atoms with Crippen molar-refractivity contribution in [1.29, 1.82) is 0 Å². The average Bonchev–Trinajstić information content (AvgIpc) is 2.98. The van der Waals surface area contributed by atoms with Gasteiger partial charge in [0.15, 0.2) is 0 Å². The second kappa shape index (κ2) is 7.60. The summed E-state index contributed by atoms with van der Waals surface area (Å²) in [6, 6.07) is 4.08. The van der Waals surface area contributed by atoms with Crippen LogP contribution in [-0.4, -0.2) is 56.0 Å². The van der Waals surface area contributed by atoms with E-state index in [0.29, 0.717) is 5.92 Å². The Balaban J connectivity index is 1.57. The topological polar surface area (TPSA) is 43.8 Å². The predicted molar refractivity (Wildman–Crippen MR) is 88.6 cm³/mol. The lowest BCUT2D eigenvalue weighted by molar-refractivity contribution is -0.0721. The number of hydrogen-bond acceptors (Lipinski definition) is 5. The van der Waals surface area contributed by atoms with E-state index in [9.17, 15) is 0 Å². The first-order valence-corrected chi connectivity index (χ1v) is 8.60. The van der Waals surface area contributed by atoms with Crippen LogP contribution in [0.3, 0.4) is 0 Å². The van der Waals surface area contributed by atoms with Crippen LogP contribution < -0.4 is 4.74 Å². The van der Waals surface area contributed by atoms with Gasteiger partial charge in [0.05, 0.1) is 12.7 Å². The Kier molecular flexibility index (Phi) is 5.51. The van der Waals surface area contributed by atoms with Gasteiger partial charge in [-0.15, -0.1) is 0 Å². The minimum atomic E-state index is 0.0913. The fourth-order valence-electron chi connectivity index (χ4n) is 4.06. The van der Waals surface area contributed by atoms with Gasteiger partial charge in [0, 0.05) is 51.7 Å². The van der Waals surface area contributed by atoms with Crippen LogP contribution in [-0.2, 0) is 16.0 Å². The van der Waals surface area contributed by atoms with Crippen LogP contribution in [0.4, 0.5) is 0 Å². The molecule has 0 saturated carbocycles. The Labute approximate surface area is 138 Å². The van der Waals surface area contributed by atoms with Gasteiger partial charge < -0.3 is 14.2 Å². The van der Waals surface area contributed by atoms with E-state index in [1.54, 1.807) is 20.4 Å². The summed E-state index contributed by atoms with van der Waals surface area (Å²) in [6.45, 7) is 4.79. The summed E-state index contributed by atoms with van der Waals surface area (Å²) in [5.74, 6) is 1.39. The monoisotopic (exact) mass is 320 g/mol. The fourth-order valence-corrected chi connectivity index (χ4v) is 4.06. The first-order chi connectivity index (χ1) is 11.3. The van der Waals surface area contributed by atoms with E-state index in [2.05, 4.69) is 16.0 Å². The number of aromatic nitrogens is 1. The quantitative estimate of drug-likeness (QED) is 0.806. The molecule has 1 spiro atoms. The fraction of sp³-hybridized carbons (Fsp3) is 0.722. The SMILES string of the molecule is COCC[C@@H]1CCOC12CCN(Cc1cccnc1OC)CC2. The van der Waals surface area contributed by atoms with Gasteiger partial charge in [-0.2, -0.15) is 0 Å². The van der Waals surface area contributed by atoms with Gasteiger partial charge in [-0.3, -0.25) is 4.90 Å². The maximum Gasteiger partial charge on any atom is 0.217 e. The zero-order valence-corrected chi connectivity index (χ0v) is 14.3. The van der Waals surface area contributed by atoms with Crippen molar-refractivity contribution < 1.29 is 14.2 Å². The summed E-state index contributed by atoms with van der Waals surface area (Å²) in [5.41, 5.74) is 1.25. The Hall–Kier alpha value is -1.17. The molecule has 3 rings (SSSR count). The molecule has 1 aromatic heterocycles. The molecule has 0 N–H and O–H groups in total. The molecule has 2 aliphatic rings. The summed E-state index contributed by atoms with van der Waals surface area (Å²) in [5, 5.41) is 0. The molecule has 5 nitrogen and oxygen atoms in total. The molecule has 0 aliphatic carbocycles. The van der Waals surface area contributed by atoms with Crippen molar-refractivity contribution in [3.05, 3.63) is 23.9 Å². The zero-order valence-electron chi connectivity index (χ0n) is 14.3. The van der Waals surface area contributed by atoms with Crippen molar-refractivity contribution in [1.82, 2.24) is 9.88 Å². The smallest absolute Gasteiger partial charge is 0.217 e. The molecule has 1 aromatic rings. The third kappa shape index (κ3) is 3.67. The second-order valence-electron chi connectivity index (χ2n) is 6.63. The summed E-state index contributed by atoms with van der Waals surface area (Å²) < 4.78 is 16.9. The van der Waals surface area contributed by atoms with Crippen LogP contribution in [0.25, 0.3) is 0 Å². The number of piperidine rings is 1. The minimum Gasteiger partial charge on any atom is -0.481 e. The normalized spacial score (nSPS) is 24.2. The highest BCUT2D eigenvalue weighted by molar-refractivity contribution is 5.25. The Morgan fingerprint density at radius 2 is 2.17 bits per heavy atom. The number of methoxy groups -OCH3 is 2. The second-order valence-corrected chi connectivity index (χ2v) is 6.63. The molecule has 0 unspecified atom stereocenters. The molecule has 0 radical (unpaired) electrons. The molecule has 128 valence electrons. The van der Waals surface area contributed by atoms with Gasteiger partial charge >= 0.3 is 0 Å². The van der Waals surface area contributed by atoms with E-state index < -0.39 is 0 Å². The van der Waals surface area contributed by atoms with Crippen molar-refractivity contribution in [3.8, 4) is 5.88 Å². The molecule has 0 aromatic carbocycles. The highest BCUT2D eigenvalue weighted by atomic mass is 16.5. The van der Waals surface area contributed by atoms with Crippen LogP contribution in [0.2, 0.25) is 0 Å². The summed E-state index contributed by atoms with van der Waals surface area (Å²) >= 11 is 0. The molecule has 0 amide bonds. The van der Waals surface area contributed by atoms with Crippen LogP contribution in [0.15, 0.2) is 18.3 Å². The molecule has 2 saturated heterocycles. The maximum absolute atomic E-state index is 6.22. The number of hydrogen-bond donors (Lipinski definition) is 0. The van der Waals surface area contributed by atoms with Gasteiger partial charge in [-0.05, 0) is 37.7 Å². The van der Waals surface area contributed by atoms with Crippen LogP contribution in [0.5, 0.6) is 5.88 Å². The lowest BCUT2D eigenvalue weighted by atomic mass is 9.78. The van der Waals surface area contributed by atoms with Gasteiger partial charge in [-0.1, -0.05) is 6.07 Å². The van der Waals surface area contributed by atoms with Gasteiger partial charge in [-0.25, -0.2) is 4.98 Å². The zero-order chi connectivity index (χ0) is 16.1. The van der Waals surface area contributed by atoms with Crippen molar-refractivity contribution in [3.63, 3.8) is 0 Å². The lowest BCUT2D eigenvalue weighted by Gasteiger charge is -2.42. The predicted octanol–water partition coefficient (Wildman–Crippen LogP) is 2.50. The van der Waals surface area contributed by atoms with E-state index in [1.807, 2.05) is 6.07 Å². The number of rotatable bonds is 6. The van der Waals surface area contributed by atoms with E-state index >= 15 is 0 Å². The standard InChI is InChI=1S/C18H28N2O3/c1-21-12-5-16-6-13-23-18(16)7-10-20(11-8-18)14-15-4-3-9-19-17(15)22-2/h3-4,9,16H,5-8,10-14H2,1-2H3/t16-/m1/s1. The molecule has 23 heavy (non-hydrogen) atoms. The van der Waals surface area contributed by atoms with Crippen molar-refractivity contribution in [2.75, 3.05) is 40.5 Å². The van der Waals surface area contributed by atoms with Gasteiger partial charge in [0.1, 0.15) is 0 Å². The van der Waals surface area contributed by atoms with E-state index in [-0.39, 0.29) is 5.60 Å². The summed E-state index contributed by atoms with van der Waals surface area (Å²) in [6.07, 6.45) is 6.31. The third-order valence-corrected chi connectivity index (χ3v) is 5.41. The molecule has 2 aliphatic heterocycles. The number of ether oxygens (including phenoxy) is 3. The number of nitrogens with zero attached hydrogens (tertiary/aromatic N) is 2. The molecule has 1 atom stereocenters. The van der Waals surface area contributed by atoms with Crippen LogP contribution >= 0.6 is 0 Å².